The van der Waals surface area contributed by atoms with Crippen molar-refractivity contribution in [2.45, 2.75) is 52.1 Å². The molecule has 116 valence electrons. The molecular formula is C17H22N4O. The highest BCUT2D eigenvalue weighted by molar-refractivity contribution is 5.76. The number of nitrogens with zero attached hydrogens (tertiary/aromatic N) is 3. The van der Waals surface area contributed by atoms with Gasteiger partial charge in [0.05, 0.1) is 6.04 Å². The van der Waals surface area contributed by atoms with Crippen molar-refractivity contribution in [3.05, 3.63) is 47.0 Å². The van der Waals surface area contributed by atoms with Crippen molar-refractivity contribution in [1.29, 1.82) is 0 Å². The Kier molecular flexibility index (Phi) is 4.22. The third kappa shape index (κ3) is 3.18. The van der Waals surface area contributed by atoms with Gasteiger partial charge in [0, 0.05) is 19.4 Å². The van der Waals surface area contributed by atoms with Crippen molar-refractivity contribution in [3.63, 3.8) is 0 Å². The smallest absolute Gasteiger partial charge is 0.220 e. The lowest BCUT2D eigenvalue weighted by Crippen LogP contribution is -2.28. The molecule has 0 radical (unpaired) electrons. The van der Waals surface area contributed by atoms with Gasteiger partial charge >= 0.3 is 0 Å². The Morgan fingerprint density at radius 3 is 3.09 bits per heavy atom. The summed E-state index contributed by atoms with van der Waals surface area (Å²) in [5, 5.41) is 11.4. The number of aromatic nitrogens is 3. The van der Waals surface area contributed by atoms with E-state index in [-0.39, 0.29) is 11.9 Å². The maximum atomic E-state index is 12.1. The van der Waals surface area contributed by atoms with Crippen LogP contribution < -0.4 is 5.32 Å². The van der Waals surface area contributed by atoms with E-state index in [2.05, 4.69) is 45.2 Å². The van der Waals surface area contributed by atoms with Crippen LogP contribution in [0.15, 0.2) is 24.3 Å². The summed E-state index contributed by atoms with van der Waals surface area (Å²) in [4.78, 5) is 12.1. The SMILES string of the molecule is Cc1cccc(CCC(=O)NC(C)c2nnc3n2CCC3)c1. The van der Waals surface area contributed by atoms with Gasteiger partial charge in [-0.3, -0.25) is 4.79 Å². The summed E-state index contributed by atoms with van der Waals surface area (Å²) >= 11 is 0. The Bertz CT molecular complexity index is 677. The van der Waals surface area contributed by atoms with E-state index in [4.69, 9.17) is 0 Å². The van der Waals surface area contributed by atoms with E-state index in [9.17, 15) is 4.79 Å². The predicted octanol–water partition coefficient (Wildman–Crippen LogP) is 2.34. The van der Waals surface area contributed by atoms with Gasteiger partial charge in [-0.15, -0.1) is 10.2 Å². The molecule has 0 bridgehead atoms. The highest BCUT2D eigenvalue weighted by atomic mass is 16.1. The van der Waals surface area contributed by atoms with E-state index in [1.165, 1.54) is 11.1 Å². The number of nitrogens with one attached hydrogen (secondary N) is 1. The summed E-state index contributed by atoms with van der Waals surface area (Å²) in [6.45, 7) is 5.00. The Hall–Kier alpha value is -2.17. The van der Waals surface area contributed by atoms with E-state index in [0.717, 1.165) is 37.5 Å². The molecule has 1 unspecified atom stereocenters. The Morgan fingerprint density at radius 1 is 1.41 bits per heavy atom. The van der Waals surface area contributed by atoms with E-state index in [1.54, 1.807) is 0 Å². The number of aryl methyl sites for hydroxylation is 3. The van der Waals surface area contributed by atoms with Crippen LogP contribution in [0.25, 0.3) is 0 Å². The van der Waals surface area contributed by atoms with Crippen LogP contribution in [0.4, 0.5) is 0 Å². The minimum Gasteiger partial charge on any atom is -0.346 e. The molecule has 1 aliphatic rings. The minimum absolute atomic E-state index is 0.0596. The van der Waals surface area contributed by atoms with E-state index >= 15 is 0 Å². The van der Waals surface area contributed by atoms with Gasteiger partial charge < -0.3 is 9.88 Å². The van der Waals surface area contributed by atoms with Crippen LogP contribution in [0, 0.1) is 6.92 Å². The molecule has 1 aromatic heterocycles. The summed E-state index contributed by atoms with van der Waals surface area (Å²) in [5.41, 5.74) is 2.43. The first-order valence-corrected chi connectivity index (χ1v) is 7.90. The molecule has 0 saturated carbocycles. The van der Waals surface area contributed by atoms with E-state index in [1.807, 2.05) is 13.0 Å². The van der Waals surface area contributed by atoms with Gasteiger partial charge in [0.1, 0.15) is 5.82 Å². The predicted molar refractivity (Wildman–Crippen MR) is 84.4 cm³/mol. The second-order valence-electron chi connectivity index (χ2n) is 6.01. The van der Waals surface area contributed by atoms with Gasteiger partial charge in [0.25, 0.3) is 0 Å². The monoisotopic (exact) mass is 298 g/mol. The largest absolute Gasteiger partial charge is 0.346 e. The van der Waals surface area contributed by atoms with Gasteiger partial charge in [-0.25, -0.2) is 0 Å². The Labute approximate surface area is 130 Å². The zero-order valence-electron chi connectivity index (χ0n) is 13.2. The number of benzene rings is 1. The molecule has 5 nitrogen and oxygen atoms in total. The molecule has 1 atom stereocenters. The number of hydrogen-bond donors (Lipinski definition) is 1. The molecule has 0 aliphatic carbocycles. The quantitative estimate of drug-likeness (QED) is 0.921. The van der Waals surface area contributed by atoms with Crippen molar-refractivity contribution >= 4 is 5.91 Å². The molecule has 5 heteroatoms. The molecule has 1 amide bonds. The van der Waals surface area contributed by atoms with E-state index in [0.29, 0.717) is 6.42 Å². The molecule has 2 heterocycles. The molecule has 22 heavy (non-hydrogen) atoms. The number of hydrogen-bond acceptors (Lipinski definition) is 3. The van der Waals surface area contributed by atoms with Crippen LogP contribution >= 0.6 is 0 Å². The molecule has 0 spiro atoms. The van der Waals surface area contributed by atoms with Gasteiger partial charge in [-0.2, -0.15) is 0 Å². The summed E-state index contributed by atoms with van der Waals surface area (Å²) in [6, 6.07) is 8.20. The van der Waals surface area contributed by atoms with Crippen molar-refractivity contribution in [2.75, 3.05) is 0 Å². The number of fused-ring (bicyclic) bond motifs is 1. The molecule has 0 saturated heterocycles. The summed E-state index contributed by atoms with van der Waals surface area (Å²) in [7, 11) is 0. The summed E-state index contributed by atoms with van der Waals surface area (Å²) < 4.78 is 2.13. The van der Waals surface area contributed by atoms with Gasteiger partial charge in [-0.1, -0.05) is 29.8 Å². The number of carbonyl (C=O) groups excluding carboxylic acids is 1. The molecule has 2 aromatic rings. The van der Waals surface area contributed by atoms with Crippen LogP contribution in [-0.4, -0.2) is 20.7 Å². The van der Waals surface area contributed by atoms with Gasteiger partial charge in [0.15, 0.2) is 5.82 Å². The Morgan fingerprint density at radius 2 is 2.27 bits per heavy atom. The van der Waals surface area contributed by atoms with Crippen molar-refractivity contribution in [1.82, 2.24) is 20.1 Å². The molecule has 1 aliphatic heterocycles. The van der Waals surface area contributed by atoms with Crippen molar-refractivity contribution in [3.8, 4) is 0 Å². The lowest BCUT2D eigenvalue weighted by molar-refractivity contribution is -0.121. The summed E-state index contributed by atoms with van der Waals surface area (Å²) in [5.74, 6) is 1.97. The van der Waals surface area contributed by atoms with Crippen LogP contribution in [0.3, 0.4) is 0 Å². The van der Waals surface area contributed by atoms with Crippen LogP contribution in [0.1, 0.15) is 48.6 Å². The number of amides is 1. The number of rotatable bonds is 5. The van der Waals surface area contributed by atoms with Crippen molar-refractivity contribution < 1.29 is 4.79 Å². The third-order valence-corrected chi connectivity index (χ3v) is 4.13. The first-order valence-electron chi connectivity index (χ1n) is 7.90. The lowest BCUT2D eigenvalue weighted by atomic mass is 10.1. The molecular weight excluding hydrogens is 276 g/mol. The van der Waals surface area contributed by atoms with Gasteiger partial charge in [-0.05, 0) is 32.3 Å². The molecule has 1 N–H and O–H groups in total. The maximum Gasteiger partial charge on any atom is 0.220 e. The van der Waals surface area contributed by atoms with Gasteiger partial charge in [0.2, 0.25) is 5.91 Å². The second kappa shape index (κ2) is 6.30. The highest BCUT2D eigenvalue weighted by Crippen LogP contribution is 2.19. The first kappa shape index (κ1) is 14.8. The topological polar surface area (TPSA) is 59.8 Å². The third-order valence-electron chi connectivity index (χ3n) is 4.13. The fourth-order valence-electron chi connectivity index (χ4n) is 3.00. The lowest BCUT2D eigenvalue weighted by Gasteiger charge is -2.14. The van der Waals surface area contributed by atoms with E-state index < -0.39 is 0 Å². The van der Waals surface area contributed by atoms with Crippen LogP contribution in [-0.2, 0) is 24.2 Å². The average Bonchev–Trinajstić information content (AvgIpc) is 3.07. The molecule has 3 rings (SSSR count). The standard InChI is InChI=1S/C17H22N4O/c1-12-5-3-6-14(11-12)8-9-16(22)18-13(2)17-20-19-15-7-4-10-21(15)17/h3,5-6,11,13H,4,7-10H2,1-2H3,(H,18,22). The fourth-order valence-corrected chi connectivity index (χ4v) is 3.00. The number of carbonyl (C=O) groups is 1. The normalized spacial score (nSPS) is 14.6. The summed E-state index contributed by atoms with van der Waals surface area (Å²) in [6.07, 6.45) is 3.36. The van der Waals surface area contributed by atoms with Crippen molar-refractivity contribution in [2.24, 2.45) is 0 Å². The minimum atomic E-state index is -0.0932. The Balaban J connectivity index is 1.55. The highest BCUT2D eigenvalue weighted by Gasteiger charge is 2.22. The maximum absolute atomic E-state index is 12.1. The molecule has 1 aromatic carbocycles. The van der Waals surface area contributed by atoms with Crippen LogP contribution in [0.2, 0.25) is 0 Å². The first-order chi connectivity index (χ1) is 10.6. The average molecular weight is 298 g/mol. The zero-order valence-corrected chi connectivity index (χ0v) is 13.2. The zero-order chi connectivity index (χ0) is 15.5. The molecule has 0 fully saturated rings. The second-order valence-corrected chi connectivity index (χ2v) is 6.01. The fraction of sp³-hybridized carbons (Fsp3) is 0.471. The van der Waals surface area contributed by atoms with Crippen LogP contribution in [0.5, 0.6) is 0 Å².